The molecule has 1 aliphatic heterocycles. The molecular weight excluding hydrogens is 254 g/mol. The molecule has 2 heterocycles. The monoisotopic (exact) mass is 277 g/mol. The van der Waals surface area contributed by atoms with E-state index in [0.717, 1.165) is 37.0 Å². The largest absolute Gasteiger partial charge is 0.370 e. The number of carbonyl (C=O) groups is 1. The number of hydrogen-bond acceptors (Lipinski definition) is 5. The molecule has 1 aromatic rings. The summed E-state index contributed by atoms with van der Waals surface area (Å²) in [5.74, 6) is 2.56. The number of nitrogens with zero attached hydrogens (tertiary/aromatic N) is 3. The van der Waals surface area contributed by atoms with Crippen LogP contribution < -0.4 is 15.5 Å². The summed E-state index contributed by atoms with van der Waals surface area (Å²) in [4.78, 5) is 23.0. The summed E-state index contributed by atoms with van der Waals surface area (Å²) in [6.45, 7) is 8.28. The van der Waals surface area contributed by atoms with E-state index in [9.17, 15) is 4.79 Å². The fourth-order valence-electron chi connectivity index (χ4n) is 2.63. The Morgan fingerprint density at radius 3 is 2.90 bits per heavy atom. The fraction of sp³-hybridized carbons (Fsp3) is 0.643. The Kier molecular flexibility index (Phi) is 4.11. The minimum Gasteiger partial charge on any atom is -0.370 e. The van der Waals surface area contributed by atoms with E-state index >= 15 is 0 Å². The van der Waals surface area contributed by atoms with Crippen LogP contribution in [0.2, 0.25) is 0 Å². The smallest absolute Gasteiger partial charge is 0.227 e. The molecule has 2 N–H and O–H groups in total. The predicted molar refractivity (Wildman–Crippen MR) is 79.9 cm³/mol. The lowest BCUT2D eigenvalue weighted by Gasteiger charge is -2.23. The first kappa shape index (κ1) is 14.6. The minimum absolute atomic E-state index is 0.0951. The maximum Gasteiger partial charge on any atom is 0.227 e. The SMILES string of the molecule is CCNc1cc(N2CCC(C)(C(=O)NC)C2)nc(C)n1. The van der Waals surface area contributed by atoms with Gasteiger partial charge in [0.1, 0.15) is 17.5 Å². The quantitative estimate of drug-likeness (QED) is 0.865. The van der Waals surface area contributed by atoms with Crippen LogP contribution in [0, 0.1) is 12.3 Å². The Labute approximate surface area is 120 Å². The van der Waals surface area contributed by atoms with Gasteiger partial charge in [0.15, 0.2) is 0 Å². The molecule has 0 radical (unpaired) electrons. The summed E-state index contributed by atoms with van der Waals surface area (Å²) < 4.78 is 0. The van der Waals surface area contributed by atoms with Crippen molar-refractivity contribution in [2.45, 2.75) is 27.2 Å². The van der Waals surface area contributed by atoms with E-state index in [1.165, 1.54) is 0 Å². The molecule has 0 bridgehead atoms. The second kappa shape index (κ2) is 5.64. The molecule has 110 valence electrons. The van der Waals surface area contributed by atoms with Crippen LogP contribution in [-0.2, 0) is 4.79 Å². The normalized spacial score (nSPS) is 21.9. The van der Waals surface area contributed by atoms with E-state index in [-0.39, 0.29) is 11.3 Å². The first-order chi connectivity index (χ1) is 9.48. The molecule has 1 unspecified atom stereocenters. The molecule has 1 aromatic heterocycles. The van der Waals surface area contributed by atoms with Crippen LogP contribution in [-0.4, -0.2) is 42.6 Å². The van der Waals surface area contributed by atoms with Crippen LogP contribution in [0.5, 0.6) is 0 Å². The highest BCUT2D eigenvalue weighted by Gasteiger charge is 2.40. The molecule has 20 heavy (non-hydrogen) atoms. The third kappa shape index (κ3) is 2.84. The van der Waals surface area contributed by atoms with Crippen LogP contribution in [0.25, 0.3) is 0 Å². The lowest BCUT2D eigenvalue weighted by Crippen LogP contribution is -2.39. The van der Waals surface area contributed by atoms with Gasteiger partial charge >= 0.3 is 0 Å². The van der Waals surface area contributed by atoms with Crippen molar-refractivity contribution in [3.63, 3.8) is 0 Å². The zero-order valence-corrected chi connectivity index (χ0v) is 12.7. The van der Waals surface area contributed by atoms with Crippen molar-refractivity contribution in [2.75, 3.05) is 36.9 Å². The Morgan fingerprint density at radius 1 is 1.50 bits per heavy atom. The van der Waals surface area contributed by atoms with Gasteiger partial charge in [0, 0.05) is 32.7 Å². The average molecular weight is 277 g/mol. The molecule has 1 aliphatic rings. The van der Waals surface area contributed by atoms with Gasteiger partial charge in [0.2, 0.25) is 5.91 Å². The summed E-state index contributed by atoms with van der Waals surface area (Å²) in [7, 11) is 1.69. The van der Waals surface area contributed by atoms with Crippen molar-refractivity contribution in [1.29, 1.82) is 0 Å². The molecule has 6 nitrogen and oxygen atoms in total. The highest BCUT2D eigenvalue weighted by atomic mass is 16.2. The Hall–Kier alpha value is -1.85. The van der Waals surface area contributed by atoms with Gasteiger partial charge in [0.25, 0.3) is 0 Å². The van der Waals surface area contributed by atoms with Gasteiger partial charge in [-0.05, 0) is 27.2 Å². The zero-order valence-electron chi connectivity index (χ0n) is 12.7. The molecule has 0 spiro atoms. The van der Waals surface area contributed by atoms with E-state index in [4.69, 9.17) is 0 Å². The molecule has 2 rings (SSSR count). The highest BCUT2D eigenvalue weighted by Crippen LogP contribution is 2.33. The van der Waals surface area contributed by atoms with Crippen molar-refractivity contribution in [2.24, 2.45) is 5.41 Å². The van der Waals surface area contributed by atoms with Crippen molar-refractivity contribution in [3.8, 4) is 0 Å². The van der Waals surface area contributed by atoms with Crippen LogP contribution >= 0.6 is 0 Å². The number of aromatic nitrogens is 2. The molecule has 0 aliphatic carbocycles. The van der Waals surface area contributed by atoms with Crippen LogP contribution in [0.1, 0.15) is 26.1 Å². The molecule has 0 aromatic carbocycles. The molecule has 1 amide bonds. The Balaban J connectivity index is 2.19. The van der Waals surface area contributed by atoms with Crippen molar-refractivity contribution in [3.05, 3.63) is 11.9 Å². The summed E-state index contributed by atoms with van der Waals surface area (Å²) in [5, 5.41) is 5.96. The van der Waals surface area contributed by atoms with Gasteiger partial charge in [-0.3, -0.25) is 4.79 Å². The standard InChI is InChI=1S/C14H23N5O/c1-5-16-11-8-12(18-10(2)17-11)19-7-6-14(3,9-19)13(20)15-4/h8H,5-7,9H2,1-4H3,(H,15,20)(H,16,17,18). The molecule has 1 saturated heterocycles. The number of anilines is 2. The van der Waals surface area contributed by atoms with Crippen molar-refractivity contribution < 1.29 is 4.79 Å². The van der Waals surface area contributed by atoms with E-state index in [0.29, 0.717) is 6.54 Å². The Morgan fingerprint density at radius 2 is 2.25 bits per heavy atom. The van der Waals surface area contributed by atoms with Crippen LogP contribution in [0.4, 0.5) is 11.6 Å². The Bertz CT molecular complexity index is 504. The van der Waals surface area contributed by atoms with E-state index < -0.39 is 0 Å². The van der Waals surface area contributed by atoms with E-state index in [1.54, 1.807) is 7.05 Å². The minimum atomic E-state index is -0.341. The van der Waals surface area contributed by atoms with Gasteiger partial charge in [-0.25, -0.2) is 9.97 Å². The lowest BCUT2D eigenvalue weighted by molar-refractivity contribution is -0.128. The molecular formula is C14H23N5O. The third-order valence-corrected chi connectivity index (χ3v) is 3.75. The highest BCUT2D eigenvalue weighted by molar-refractivity contribution is 5.83. The number of amides is 1. The number of hydrogen-bond donors (Lipinski definition) is 2. The predicted octanol–water partition coefficient (Wildman–Crippen LogP) is 1.18. The van der Waals surface area contributed by atoms with E-state index in [2.05, 4.69) is 25.5 Å². The lowest BCUT2D eigenvalue weighted by atomic mass is 9.89. The first-order valence-electron chi connectivity index (χ1n) is 7.05. The number of aryl methyl sites for hydroxylation is 1. The summed E-state index contributed by atoms with van der Waals surface area (Å²) in [5.41, 5.74) is -0.341. The molecule has 0 saturated carbocycles. The first-order valence-corrected chi connectivity index (χ1v) is 7.05. The van der Waals surface area contributed by atoms with Gasteiger partial charge in [-0.15, -0.1) is 0 Å². The maximum absolute atomic E-state index is 12.0. The molecule has 1 atom stereocenters. The molecule has 6 heteroatoms. The summed E-state index contributed by atoms with van der Waals surface area (Å²) >= 11 is 0. The summed E-state index contributed by atoms with van der Waals surface area (Å²) in [6.07, 6.45) is 0.840. The topological polar surface area (TPSA) is 70.2 Å². The van der Waals surface area contributed by atoms with Gasteiger partial charge in [0.05, 0.1) is 5.41 Å². The van der Waals surface area contributed by atoms with Crippen LogP contribution in [0.15, 0.2) is 6.07 Å². The number of rotatable bonds is 4. The van der Waals surface area contributed by atoms with Gasteiger partial charge < -0.3 is 15.5 Å². The fourth-order valence-corrected chi connectivity index (χ4v) is 2.63. The van der Waals surface area contributed by atoms with Gasteiger partial charge in [-0.2, -0.15) is 0 Å². The van der Waals surface area contributed by atoms with Gasteiger partial charge in [-0.1, -0.05) is 0 Å². The summed E-state index contributed by atoms with van der Waals surface area (Å²) in [6, 6.07) is 1.95. The van der Waals surface area contributed by atoms with Crippen molar-refractivity contribution >= 4 is 17.5 Å². The third-order valence-electron chi connectivity index (χ3n) is 3.75. The zero-order chi connectivity index (χ0) is 14.8. The maximum atomic E-state index is 12.0. The van der Waals surface area contributed by atoms with Crippen LogP contribution in [0.3, 0.4) is 0 Å². The number of nitrogens with one attached hydrogen (secondary N) is 2. The second-order valence-electron chi connectivity index (χ2n) is 5.50. The molecule has 1 fully saturated rings. The number of carbonyl (C=O) groups excluding carboxylic acids is 1. The second-order valence-corrected chi connectivity index (χ2v) is 5.50. The van der Waals surface area contributed by atoms with E-state index in [1.807, 2.05) is 26.8 Å². The average Bonchev–Trinajstić information content (AvgIpc) is 2.81. The van der Waals surface area contributed by atoms with Crippen molar-refractivity contribution in [1.82, 2.24) is 15.3 Å².